The average Bonchev–Trinajstić information content (AvgIpc) is 2.94. The third-order valence-corrected chi connectivity index (χ3v) is 3.07. The van der Waals surface area contributed by atoms with Crippen LogP contribution in [-0.4, -0.2) is 16.3 Å². The van der Waals surface area contributed by atoms with Crippen molar-refractivity contribution in [2.45, 2.75) is 40.0 Å². The molecule has 4 heteroatoms. The molecule has 0 aliphatic heterocycles. The van der Waals surface area contributed by atoms with Gasteiger partial charge in [-0.3, -0.25) is 4.68 Å². The molecular weight excluding hydrogens is 250 g/mol. The fourth-order valence-electron chi connectivity index (χ4n) is 1.98. The Morgan fingerprint density at radius 1 is 1.25 bits per heavy atom. The van der Waals surface area contributed by atoms with Crippen molar-refractivity contribution in [1.29, 1.82) is 0 Å². The molecular formula is C16H23N3O. The van der Waals surface area contributed by atoms with Crippen LogP contribution in [0.2, 0.25) is 0 Å². The van der Waals surface area contributed by atoms with Gasteiger partial charge in [0.1, 0.15) is 12.4 Å². The standard InChI is InChI=1S/C16H23N3O/c1-3-8-17-10-14-6-5-7-16(9-14)20-13-15-11-18-19(4-2)12-15/h5-7,9,11-12,17H,3-4,8,10,13H2,1-2H3. The average molecular weight is 273 g/mol. The molecule has 0 aliphatic rings. The maximum absolute atomic E-state index is 5.82. The Labute approximate surface area is 120 Å². The van der Waals surface area contributed by atoms with Crippen LogP contribution in [0.1, 0.15) is 31.4 Å². The normalized spacial score (nSPS) is 10.7. The molecule has 0 atom stereocenters. The van der Waals surface area contributed by atoms with Crippen LogP contribution in [0.3, 0.4) is 0 Å². The monoisotopic (exact) mass is 273 g/mol. The summed E-state index contributed by atoms with van der Waals surface area (Å²) < 4.78 is 7.72. The Morgan fingerprint density at radius 3 is 2.90 bits per heavy atom. The van der Waals surface area contributed by atoms with Gasteiger partial charge in [-0.15, -0.1) is 0 Å². The van der Waals surface area contributed by atoms with E-state index in [1.807, 2.05) is 29.2 Å². The van der Waals surface area contributed by atoms with Crippen LogP contribution in [0.5, 0.6) is 5.75 Å². The number of rotatable bonds is 8. The molecule has 0 fully saturated rings. The van der Waals surface area contributed by atoms with Gasteiger partial charge in [0.25, 0.3) is 0 Å². The van der Waals surface area contributed by atoms with Gasteiger partial charge in [-0.1, -0.05) is 19.1 Å². The van der Waals surface area contributed by atoms with Crippen LogP contribution in [0, 0.1) is 0 Å². The highest BCUT2D eigenvalue weighted by molar-refractivity contribution is 5.28. The Balaban J connectivity index is 1.87. The second-order valence-corrected chi connectivity index (χ2v) is 4.82. The highest BCUT2D eigenvalue weighted by Crippen LogP contribution is 2.15. The zero-order chi connectivity index (χ0) is 14.2. The van der Waals surface area contributed by atoms with E-state index in [0.29, 0.717) is 6.61 Å². The van der Waals surface area contributed by atoms with E-state index in [9.17, 15) is 0 Å². The zero-order valence-corrected chi connectivity index (χ0v) is 12.3. The molecule has 0 saturated carbocycles. The van der Waals surface area contributed by atoms with Gasteiger partial charge < -0.3 is 10.1 Å². The fraction of sp³-hybridized carbons (Fsp3) is 0.438. The Kier molecular flexibility index (Phi) is 5.62. The lowest BCUT2D eigenvalue weighted by Crippen LogP contribution is -2.13. The summed E-state index contributed by atoms with van der Waals surface area (Å²) in [6.45, 7) is 7.62. The number of hydrogen-bond acceptors (Lipinski definition) is 3. The predicted molar refractivity (Wildman–Crippen MR) is 80.7 cm³/mol. The first-order chi connectivity index (χ1) is 9.81. The number of hydrogen-bond donors (Lipinski definition) is 1. The first-order valence-corrected chi connectivity index (χ1v) is 7.25. The third kappa shape index (κ3) is 4.38. The second kappa shape index (κ2) is 7.70. The first-order valence-electron chi connectivity index (χ1n) is 7.25. The SMILES string of the molecule is CCCNCc1cccc(OCc2cnn(CC)c2)c1. The summed E-state index contributed by atoms with van der Waals surface area (Å²) in [5.74, 6) is 0.907. The lowest BCUT2D eigenvalue weighted by molar-refractivity contribution is 0.305. The lowest BCUT2D eigenvalue weighted by Gasteiger charge is -2.08. The third-order valence-electron chi connectivity index (χ3n) is 3.07. The second-order valence-electron chi connectivity index (χ2n) is 4.82. The number of aromatic nitrogens is 2. The summed E-state index contributed by atoms with van der Waals surface area (Å²) in [6, 6.07) is 8.23. The highest BCUT2D eigenvalue weighted by atomic mass is 16.5. The molecule has 2 rings (SSSR count). The van der Waals surface area contributed by atoms with E-state index in [1.165, 1.54) is 5.56 Å². The van der Waals surface area contributed by atoms with Gasteiger partial charge in [0.05, 0.1) is 6.20 Å². The maximum Gasteiger partial charge on any atom is 0.120 e. The molecule has 1 heterocycles. The molecule has 108 valence electrons. The lowest BCUT2D eigenvalue weighted by atomic mass is 10.2. The number of aryl methyl sites for hydroxylation is 1. The molecule has 1 N–H and O–H groups in total. The Morgan fingerprint density at radius 2 is 2.15 bits per heavy atom. The molecule has 0 bridgehead atoms. The van der Waals surface area contributed by atoms with Crippen molar-refractivity contribution in [3.63, 3.8) is 0 Å². The molecule has 0 amide bonds. The van der Waals surface area contributed by atoms with Gasteiger partial charge in [-0.25, -0.2) is 0 Å². The minimum atomic E-state index is 0.561. The van der Waals surface area contributed by atoms with Crippen LogP contribution >= 0.6 is 0 Å². The van der Waals surface area contributed by atoms with Crippen LogP contribution < -0.4 is 10.1 Å². The molecule has 20 heavy (non-hydrogen) atoms. The molecule has 1 aromatic carbocycles. The number of benzene rings is 1. The fourth-order valence-corrected chi connectivity index (χ4v) is 1.98. The topological polar surface area (TPSA) is 39.1 Å². The molecule has 4 nitrogen and oxygen atoms in total. The minimum absolute atomic E-state index is 0.561. The number of ether oxygens (including phenoxy) is 1. The van der Waals surface area contributed by atoms with Crippen LogP contribution in [0.15, 0.2) is 36.7 Å². The summed E-state index contributed by atoms with van der Waals surface area (Å²) >= 11 is 0. The van der Waals surface area contributed by atoms with Gasteiger partial charge in [0, 0.05) is 24.8 Å². The van der Waals surface area contributed by atoms with Crippen molar-refractivity contribution in [3.8, 4) is 5.75 Å². The van der Waals surface area contributed by atoms with E-state index in [0.717, 1.165) is 37.4 Å². The van der Waals surface area contributed by atoms with Gasteiger partial charge in [0.2, 0.25) is 0 Å². The van der Waals surface area contributed by atoms with Gasteiger partial charge in [-0.2, -0.15) is 5.10 Å². The Bertz CT molecular complexity index is 522. The van der Waals surface area contributed by atoms with Gasteiger partial charge in [-0.05, 0) is 37.6 Å². The number of nitrogens with one attached hydrogen (secondary N) is 1. The smallest absolute Gasteiger partial charge is 0.120 e. The molecule has 0 spiro atoms. The van der Waals surface area contributed by atoms with E-state index in [-0.39, 0.29) is 0 Å². The zero-order valence-electron chi connectivity index (χ0n) is 12.3. The van der Waals surface area contributed by atoms with E-state index in [1.54, 1.807) is 0 Å². The summed E-state index contributed by atoms with van der Waals surface area (Å²) in [5.41, 5.74) is 2.35. The molecule has 0 aliphatic carbocycles. The quantitative estimate of drug-likeness (QED) is 0.752. The first kappa shape index (κ1) is 14.6. The molecule has 0 saturated heterocycles. The summed E-state index contributed by atoms with van der Waals surface area (Å²) in [6.07, 6.45) is 5.03. The molecule has 0 radical (unpaired) electrons. The van der Waals surface area contributed by atoms with E-state index in [2.05, 4.69) is 36.4 Å². The van der Waals surface area contributed by atoms with Gasteiger partial charge >= 0.3 is 0 Å². The van der Waals surface area contributed by atoms with Crippen molar-refractivity contribution in [1.82, 2.24) is 15.1 Å². The largest absolute Gasteiger partial charge is 0.489 e. The van der Waals surface area contributed by atoms with E-state index in [4.69, 9.17) is 4.74 Å². The predicted octanol–water partition coefficient (Wildman–Crippen LogP) is 2.98. The van der Waals surface area contributed by atoms with Crippen LogP contribution in [0.25, 0.3) is 0 Å². The van der Waals surface area contributed by atoms with Crippen molar-refractivity contribution < 1.29 is 4.74 Å². The summed E-state index contributed by atoms with van der Waals surface area (Å²) in [7, 11) is 0. The number of nitrogens with zero attached hydrogens (tertiary/aromatic N) is 2. The molecule has 2 aromatic rings. The summed E-state index contributed by atoms with van der Waals surface area (Å²) in [4.78, 5) is 0. The van der Waals surface area contributed by atoms with Crippen molar-refractivity contribution in [2.75, 3.05) is 6.54 Å². The van der Waals surface area contributed by atoms with Crippen molar-refractivity contribution in [2.24, 2.45) is 0 Å². The van der Waals surface area contributed by atoms with Crippen LogP contribution in [-0.2, 0) is 19.7 Å². The van der Waals surface area contributed by atoms with E-state index >= 15 is 0 Å². The Hall–Kier alpha value is -1.81. The van der Waals surface area contributed by atoms with Crippen molar-refractivity contribution in [3.05, 3.63) is 47.8 Å². The van der Waals surface area contributed by atoms with E-state index < -0.39 is 0 Å². The highest BCUT2D eigenvalue weighted by Gasteiger charge is 2.00. The molecule has 0 unspecified atom stereocenters. The van der Waals surface area contributed by atoms with Crippen molar-refractivity contribution >= 4 is 0 Å². The minimum Gasteiger partial charge on any atom is -0.489 e. The molecule has 1 aromatic heterocycles. The van der Waals surface area contributed by atoms with Crippen LogP contribution in [0.4, 0.5) is 0 Å². The van der Waals surface area contributed by atoms with Gasteiger partial charge in [0.15, 0.2) is 0 Å². The summed E-state index contributed by atoms with van der Waals surface area (Å²) in [5, 5.41) is 7.64. The maximum atomic E-state index is 5.82.